The van der Waals surface area contributed by atoms with Gasteiger partial charge in [-0.2, -0.15) is 0 Å². The SMILES string of the molecule is CC(C)COCCOC(c1ccccc1Cl)C(C)N. The minimum Gasteiger partial charge on any atom is -0.379 e. The largest absolute Gasteiger partial charge is 0.379 e. The molecule has 3 nitrogen and oxygen atoms in total. The van der Waals surface area contributed by atoms with Gasteiger partial charge in [0.2, 0.25) is 0 Å². The Morgan fingerprint density at radius 2 is 1.84 bits per heavy atom. The summed E-state index contributed by atoms with van der Waals surface area (Å²) in [6, 6.07) is 7.52. The van der Waals surface area contributed by atoms with Gasteiger partial charge < -0.3 is 15.2 Å². The van der Waals surface area contributed by atoms with Gasteiger partial charge in [0, 0.05) is 23.2 Å². The van der Waals surface area contributed by atoms with E-state index in [1.54, 1.807) is 0 Å². The molecule has 0 radical (unpaired) electrons. The molecule has 0 aliphatic heterocycles. The van der Waals surface area contributed by atoms with E-state index >= 15 is 0 Å². The highest BCUT2D eigenvalue weighted by molar-refractivity contribution is 6.31. The van der Waals surface area contributed by atoms with Crippen molar-refractivity contribution in [1.29, 1.82) is 0 Å². The predicted molar refractivity (Wildman–Crippen MR) is 79.5 cm³/mol. The van der Waals surface area contributed by atoms with Crippen LogP contribution in [0.4, 0.5) is 0 Å². The van der Waals surface area contributed by atoms with Crippen LogP contribution in [0.3, 0.4) is 0 Å². The van der Waals surface area contributed by atoms with Crippen molar-refractivity contribution in [2.75, 3.05) is 19.8 Å². The second-order valence-electron chi connectivity index (χ2n) is 5.14. The van der Waals surface area contributed by atoms with Crippen molar-refractivity contribution < 1.29 is 9.47 Å². The van der Waals surface area contributed by atoms with Gasteiger partial charge in [0.15, 0.2) is 0 Å². The third-order valence-corrected chi connectivity index (χ3v) is 3.01. The number of hydrogen-bond acceptors (Lipinski definition) is 3. The quantitative estimate of drug-likeness (QED) is 0.745. The van der Waals surface area contributed by atoms with E-state index in [4.69, 9.17) is 26.8 Å². The first-order chi connectivity index (χ1) is 9.02. The number of benzene rings is 1. The summed E-state index contributed by atoms with van der Waals surface area (Å²) in [6.45, 7) is 8.00. The summed E-state index contributed by atoms with van der Waals surface area (Å²) >= 11 is 6.18. The van der Waals surface area contributed by atoms with Crippen molar-refractivity contribution in [2.45, 2.75) is 32.9 Å². The highest BCUT2D eigenvalue weighted by atomic mass is 35.5. The van der Waals surface area contributed by atoms with E-state index in [-0.39, 0.29) is 12.1 Å². The fraction of sp³-hybridized carbons (Fsp3) is 0.600. The zero-order valence-electron chi connectivity index (χ0n) is 11.9. The molecule has 0 aromatic heterocycles. The zero-order valence-corrected chi connectivity index (χ0v) is 12.7. The van der Waals surface area contributed by atoms with E-state index in [0.717, 1.165) is 12.2 Å². The Bertz CT molecular complexity index is 369. The summed E-state index contributed by atoms with van der Waals surface area (Å²) in [6.07, 6.45) is -0.198. The summed E-state index contributed by atoms with van der Waals surface area (Å²) in [5.74, 6) is 0.535. The van der Waals surface area contributed by atoms with Gasteiger partial charge in [-0.05, 0) is 18.9 Å². The van der Waals surface area contributed by atoms with Crippen LogP contribution in [0.2, 0.25) is 5.02 Å². The predicted octanol–water partition coefficient (Wildman–Crippen LogP) is 3.42. The normalized spacial score (nSPS) is 14.6. The molecular formula is C15H24ClNO2. The zero-order chi connectivity index (χ0) is 14.3. The lowest BCUT2D eigenvalue weighted by atomic mass is 10.0. The minimum absolute atomic E-state index is 0.120. The van der Waals surface area contributed by atoms with Crippen molar-refractivity contribution in [2.24, 2.45) is 11.7 Å². The van der Waals surface area contributed by atoms with Crippen LogP contribution in [0.1, 0.15) is 32.4 Å². The molecule has 0 spiro atoms. The Labute approximate surface area is 121 Å². The van der Waals surface area contributed by atoms with Gasteiger partial charge in [0.25, 0.3) is 0 Å². The first kappa shape index (κ1) is 16.4. The average Bonchev–Trinajstić information content (AvgIpc) is 2.34. The molecule has 1 aromatic rings. The third kappa shape index (κ3) is 5.91. The molecule has 0 saturated carbocycles. The summed E-state index contributed by atoms with van der Waals surface area (Å²) in [7, 11) is 0. The Kier molecular flexibility index (Phi) is 7.39. The Morgan fingerprint density at radius 1 is 1.16 bits per heavy atom. The van der Waals surface area contributed by atoms with Gasteiger partial charge in [-0.3, -0.25) is 0 Å². The molecule has 0 aliphatic rings. The molecule has 1 aromatic carbocycles. The molecule has 0 amide bonds. The third-order valence-electron chi connectivity index (χ3n) is 2.67. The van der Waals surface area contributed by atoms with Gasteiger partial charge in [-0.15, -0.1) is 0 Å². The number of rotatable bonds is 8. The van der Waals surface area contributed by atoms with Crippen molar-refractivity contribution in [3.05, 3.63) is 34.9 Å². The average molecular weight is 286 g/mol. The minimum atomic E-state index is -0.198. The molecule has 108 valence electrons. The molecule has 2 unspecified atom stereocenters. The molecule has 2 N–H and O–H groups in total. The number of hydrogen-bond donors (Lipinski definition) is 1. The highest BCUT2D eigenvalue weighted by Gasteiger charge is 2.19. The maximum atomic E-state index is 6.18. The molecule has 0 saturated heterocycles. The number of nitrogens with two attached hydrogens (primary N) is 1. The number of ether oxygens (including phenoxy) is 2. The lowest BCUT2D eigenvalue weighted by Gasteiger charge is -2.23. The maximum Gasteiger partial charge on any atom is 0.0988 e. The summed E-state index contributed by atoms with van der Waals surface area (Å²) < 4.78 is 11.3. The van der Waals surface area contributed by atoms with Crippen LogP contribution in [0.25, 0.3) is 0 Å². The van der Waals surface area contributed by atoms with Crippen LogP contribution >= 0.6 is 11.6 Å². The smallest absolute Gasteiger partial charge is 0.0988 e. The fourth-order valence-electron chi connectivity index (χ4n) is 1.78. The Balaban J connectivity index is 2.48. The topological polar surface area (TPSA) is 44.5 Å². The van der Waals surface area contributed by atoms with E-state index < -0.39 is 0 Å². The standard InChI is InChI=1S/C15H24ClNO2/c1-11(2)10-18-8-9-19-15(12(3)17)13-6-4-5-7-14(13)16/h4-7,11-12,15H,8-10,17H2,1-3H3. The van der Waals surface area contributed by atoms with Crippen LogP contribution in [-0.2, 0) is 9.47 Å². The van der Waals surface area contributed by atoms with Gasteiger partial charge >= 0.3 is 0 Å². The van der Waals surface area contributed by atoms with Gasteiger partial charge in [0.05, 0.1) is 19.3 Å². The van der Waals surface area contributed by atoms with Gasteiger partial charge in [0.1, 0.15) is 0 Å². The van der Waals surface area contributed by atoms with Gasteiger partial charge in [-0.1, -0.05) is 43.6 Å². The van der Waals surface area contributed by atoms with Crippen LogP contribution in [0.5, 0.6) is 0 Å². The van der Waals surface area contributed by atoms with E-state index in [0.29, 0.717) is 24.2 Å². The molecule has 19 heavy (non-hydrogen) atoms. The van der Waals surface area contributed by atoms with E-state index in [1.165, 1.54) is 0 Å². The molecule has 1 rings (SSSR count). The molecule has 0 aliphatic carbocycles. The summed E-state index contributed by atoms with van der Waals surface area (Å²) in [4.78, 5) is 0. The molecule has 0 heterocycles. The molecule has 0 bridgehead atoms. The first-order valence-electron chi connectivity index (χ1n) is 6.71. The van der Waals surface area contributed by atoms with Crippen molar-refractivity contribution in [3.63, 3.8) is 0 Å². The van der Waals surface area contributed by atoms with Crippen LogP contribution in [0.15, 0.2) is 24.3 Å². The monoisotopic (exact) mass is 285 g/mol. The number of halogens is 1. The van der Waals surface area contributed by atoms with Crippen molar-refractivity contribution in [3.8, 4) is 0 Å². The summed E-state index contributed by atoms with van der Waals surface area (Å²) in [5.41, 5.74) is 6.91. The van der Waals surface area contributed by atoms with Crippen LogP contribution in [0, 0.1) is 5.92 Å². The fourth-order valence-corrected chi connectivity index (χ4v) is 2.03. The van der Waals surface area contributed by atoms with Crippen molar-refractivity contribution in [1.82, 2.24) is 0 Å². The molecule has 0 fully saturated rings. The maximum absolute atomic E-state index is 6.18. The van der Waals surface area contributed by atoms with Crippen LogP contribution < -0.4 is 5.73 Å². The van der Waals surface area contributed by atoms with Crippen molar-refractivity contribution >= 4 is 11.6 Å². The lowest BCUT2D eigenvalue weighted by molar-refractivity contribution is -0.00954. The van der Waals surface area contributed by atoms with E-state index in [2.05, 4.69) is 13.8 Å². The van der Waals surface area contributed by atoms with Gasteiger partial charge in [-0.25, -0.2) is 0 Å². The molecular weight excluding hydrogens is 262 g/mol. The van der Waals surface area contributed by atoms with E-state index in [9.17, 15) is 0 Å². The Morgan fingerprint density at radius 3 is 2.42 bits per heavy atom. The van der Waals surface area contributed by atoms with E-state index in [1.807, 2.05) is 31.2 Å². The Hall–Kier alpha value is -0.610. The molecule has 2 atom stereocenters. The second-order valence-corrected chi connectivity index (χ2v) is 5.55. The second kappa shape index (κ2) is 8.54. The summed E-state index contributed by atoms with van der Waals surface area (Å²) in [5, 5.41) is 0.688. The highest BCUT2D eigenvalue weighted by Crippen LogP contribution is 2.27. The first-order valence-corrected chi connectivity index (χ1v) is 7.09. The lowest BCUT2D eigenvalue weighted by Crippen LogP contribution is -2.28. The van der Waals surface area contributed by atoms with Crippen LogP contribution in [-0.4, -0.2) is 25.9 Å². The molecule has 4 heteroatoms.